The highest BCUT2D eigenvalue weighted by molar-refractivity contribution is 7.99. The van der Waals surface area contributed by atoms with Gasteiger partial charge in [0.25, 0.3) is 0 Å². The molecule has 0 spiro atoms. The Bertz CT molecular complexity index is 855. The number of halogens is 3. The predicted molar refractivity (Wildman–Crippen MR) is 98.5 cm³/mol. The molecule has 0 aliphatic heterocycles. The number of aromatic nitrogens is 2. The van der Waals surface area contributed by atoms with Crippen LogP contribution in [0.1, 0.15) is 37.1 Å². The van der Waals surface area contributed by atoms with E-state index in [0.29, 0.717) is 17.7 Å². The Labute approximate surface area is 160 Å². The van der Waals surface area contributed by atoms with Crippen LogP contribution in [0.2, 0.25) is 0 Å². The van der Waals surface area contributed by atoms with Crippen LogP contribution in [0.15, 0.2) is 29.4 Å². The largest absolute Gasteiger partial charge is 0.433 e. The van der Waals surface area contributed by atoms with Crippen molar-refractivity contribution >= 4 is 17.7 Å². The van der Waals surface area contributed by atoms with Gasteiger partial charge in [0.1, 0.15) is 0 Å². The lowest BCUT2D eigenvalue weighted by Crippen LogP contribution is -2.33. The third-order valence-corrected chi connectivity index (χ3v) is 5.37. The minimum Gasteiger partial charge on any atom is -0.353 e. The van der Waals surface area contributed by atoms with E-state index in [0.717, 1.165) is 23.7 Å². The Morgan fingerprint density at radius 2 is 2.00 bits per heavy atom. The van der Waals surface area contributed by atoms with E-state index in [9.17, 15) is 18.0 Å². The van der Waals surface area contributed by atoms with Gasteiger partial charge >= 0.3 is 6.18 Å². The Balaban J connectivity index is 1.94. The number of aryl methyl sites for hydroxylation is 1. The molecule has 0 saturated carbocycles. The number of amides is 1. The zero-order chi connectivity index (χ0) is 19.6. The van der Waals surface area contributed by atoms with Gasteiger partial charge in [0.2, 0.25) is 5.91 Å². The second kappa shape index (κ2) is 7.88. The molecule has 3 rings (SSSR count). The summed E-state index contributed by atoms with van der Waals surface area (Å²) >= 11 is 0.925. The van der Waals surface area contributed by atoms with Gasteiger partial charge in [-0.3, -0.25) is 4.79 Å². The van der Waals surface area contributed by atoms with Crippen LogP contribution < -0.4 is 5.32 Å². The number of hydrogen-bond donors (Lipinski definition) is 1. The predicted octanol–water partition coefficient (Wildman–Crippen LogP) is 4.27. The van der Waals surface area contributed by atoms with Gasteiger partial charge in [-0.1, -0.05) is 43.0 Å². The molecular formula is C19H20F3N3OS. The molecule has 144 valence electrons. The lowest BCUT2D eigenvalue weighted by molar-refractivity contribution is -0.142. The second-order valence-corrected chi connectivity index (χ2v) is 7.44. The van der Waals surface area contributed by atoms with Gasteiger partial charge in [0.15, 0.2) is 10.9 Å². The Hall–Kier alpha value is -2.09. The molecule has 0 radical (unpaired) electrons. The van der Waals surface area contributed by atoms with Crippen molar-refractivity contribution in [1.29, 1.82) is 0 Å². The number of rotatable bonds is 5. The average Bonchev–Trinajstić information content (AvgIpc) is 2.64. The lowest BCUT2D eigenvalue weighted by Gasteiger charge is -2.22. The van der Waals surface area contributed by atoms with E-state index < -0.39 is 11.9 Å². The number of benzene rings is 1. The van der Waals surface area contributed by atoms with Crippen LogP contribution >= 0.6 is 11.8 Å². The molecule has 8 heteroatoms. The topological polar surface area (TPSA) is 54.9 Å². The lowest BCUT2D eigenvalue weighted by atomic mass is 9.88. The highest BCUT2D eigenvalue weighted by Gasteiger charge is 2.38. The fourth-order valence-electron chi connectivity index (χ4n) is 3.00. The number of nitrogens with one attached hydrogen (secondary N) is 1. The molecule has 1 aromatic heterocycles. The standard InChI is InChI=1S/C19H20F3N3OS/c1-3-11(2)23-15(26)10-27-18-24-16-13-7-5-4-6-12(13)8-9-14(16)17(25-18)19(20,21)22/h4-7,11H,3,8-10H2,1-2H3,(H,23,26)/t11-/m1/s1. The van der Waals surface area contributed by atoms with Crippen LogP contribution in [0.4, 0.5) is 13.2 Å². The highest BCUT2D eigenvalue weighted by Crippen LogP contribution is 2.40. The minimum absolute atomic E-state index is 0.0140. The number of alkyl halides is 3. The maximum Gasteiger partial charge on any atom is 0.433 e. The van der Waals surface area contributed by atoms with Gasteiger partial charge in [-0.15, -0.1) is 0 Å². The second-order valence-electron chi connectivity index (χ2n) is 6.50. The number of nitrogens with zero attached hydrogens (tertiary/aromatic N) is 2. The fraction of sp³-hybridized carbons (Fsp3) is 0.421. The summed E-state index contributed by atoms with van der Waals surface area (Å²) in [4.78, 5) is 20.1. The van der Waals surface area contributed by atoms with Crippen molar-refractivity contribution in [3.63, 3.8) is 0 Å². The van der Waals surface area contributed by atoms with Gasteiger partial charge in [-0.25, -0.2) is 9.97 Å². The Morgan fingerprint density at radius 1 is 1.26 bits per heavy atom. The van der Waals surface area contributed by atoms with Crippen molar-refractivity contribution in [2.45, 2.75) is 50.5 Å². The summed E-state index contributed by atoms with van der Waals surface area (Å²) in [6.45, 7) is 3.81. The first-order valence-corrected chi connectivity index (χ1v) is 9.76. The monoisotopic (exact) mass is 395 g/mol. The molecule has 0 saturated heterocycles. The van der Waals surface area contributed by atoms with E-state index >= 15 is 0 Å². The van der Waals surface area contributed by atoms with E-state index in [1.54, 1.807) is 12.1 Å². The number of thioether (sulfide) groups is 1. The Kier molecular flexibility index (Phi) is 5.74. The third-order valence-electron chi connectivity index (χ3n) is 4.52. The van der Waals surface area contributed by atoms with Crippen molar-refractivity contribution in [3.8, 4) is 11.3 Å². The zero-order valence-corrected chi connectivity index (χ0v) is 15.9. The first-order chi connectivity index (χ1) is 12.8. The zero-order valence-electron chi connectivity index (χ0n) is 15.1. The van der Waals surface area contributed by atoms with Crippen molar-refractivity contribution < 1.29 is 18.0 Å². The molecule has 27 heavy (non-hydrogen) atoms. The normalized spacial score (nSPS) is 14.3. The molecular weight excluding hydrogens is 375 g/mol. The maximum atomic E-state index is 13.6. The van der Waals surface area contributed by atoms with E-state index in [1.807, 2.05) is 26.0 Å². The van der Waals surface area contributed by atoms with Crippen LogP contribution in [-0.2, 0) is 23.8 Å². The first-order valence-electron chi connectivity index (χ1n) is 8.78. The van der Waals surface area contributed by atoms with Gasteiger partial charge in [0.05, 0.1) is 11.4 Å². The summed E-state index contributed by atoms with van der Waals surface area (Å²) in [6.07, 6.45) is -3.01. The van der Waals surface area contributed by atoms with Crippen LogP contribution in [0.5, 0.6) is 0 Å². The molecule has 0 fully saturated rings. The highest BCUT2D eigenvalue weighted by atomic mass is 32.2. The van der Waals surface area contributed by atoms with Crippen molar-refractivity contribution in [1.82, 2.24) is 15.3 Å². The van der Waals surface area contributed by atoms with Crippen molar-refractivity contribution in [2.24, 2.45) is 0 Å². The summed E-state index contributed by atoms with van der Waals surface area (Å²) < 4.78 is 40.7. The number of hydrogen-bond acceptors (Lipinski definition) is 4. The van der Waals surface area contributed by atoms with Gasteiger partial charge < -0.3 is 5.32 Å². The van der Waals surface area contributed by atoms with E-state index in [4.69, 9.17) is 0 Å². The molecule has 1 aliphatic rings. The van der Waals surface area contributed by atoms with Gasteiger partial charge in [-0.05, 0) is 31.7 Å². The van der Waals surface area contributed by atoms with Crippen LogP contribution in [0, 0.1) is 0 Å². The summed E-state index contributed by atoms with van der Waals surface area (Å²) in [7, 11) is 0. The van der Waals surface area contributed by atoms with E-state index in [-0.39, 0.29) is 34.8 Å². The summed E-state index contributed by atoms with van der Waals surface area (Å²) in [5, 5.41) is 2.75. The first kappa shape index (κ1) is 19.7. The van der Waals surface area contributed by atoms with Crippen molar-refractivity contribution in [3.05, 3.63) is 41.1 Å². The molecule has 1 amide bonds. The number of fused-ring (bicyclic) bond motifs is 3. The molecule has 1 N–H and O–H groups in total. The molecule has 0 unspecified atom stereocenters. The maximum absolute atomic E-state index is 13.6. The average molecular weight is 395 g/mol. The quantitative estimate of drug-likeness (QED) is 0.607. The molecule has 1 aliphatic carbocycles. The molecule has 0 bridgehead atoms. The number of carbonyl (C=O) groups is 1. The van der Waals surface area contributed by atoms with Crippen molar-refractivity contribution in [2.75, 3.05) is 5.75 Å². The Morgan fingerprint density at radius 3 is 2.70 bits per heavy atom. The SMILES string of the molecule is CC[C@@H](C)NC(=O)CSc1nc2c(c(C(F)(F)F)n1)CCc1ccccc1-2. The number of carbonyl (C=O) groups excluding carboxylic acids is 1. The molecule has 2 aromatic rings. The summed E-state index contributed by atoms with van der Waals surface area (Å²) in [6, 6.07) is 7.35. The van der Waals surface area contributed by atoms with Crippen LogP contribution in [0.25, 0.3) is 11.3 Å². The van der Waals surface area contributed by atoms with Crippen LogP contribution in [0.3, 0.4) is 0 Å². The third kappa shape index (κ3) is 4.43. The fourth-order valence-corrected chi connectivity index (χ4v) is 3.65. The molecule has 1 atom stereocenters. The van der Waals surface area contributed by atoms with E-state index in [2.05, 4.69) is 15.3 Å². The smallest absolute Gasteiger partial charge is 0.353 e. The minimum atomic E-state index is -4.56. The summed E-state index contributed by atoms with van der Waals surface area (Å²) in [5.74, 6) is -0.271. The summed E-state index contributed by atoms with van der Waals surface area (Å²) in [5.41, 5.74) is 1.24. The van der Waals surface area contributed by atoms with Gasteiger partial charge in [0, 0.05) is 17.2 Å². The molecule has 1 heterocycles. The van der Waals surface area contributed by atoms with Crippen LogP contribution in [-0.4, -0.2) is 27.7 Å². The molecule has 4 nitrogen and oxygen atoms in total. The molecule has 1 aromatic carbocycles. The van der Waals surface area contributed by atoms with Gasteiger partial charge in [-0.2, -0.15) is 13.2 Å². The van der Waals surface area contributed by atoms with E-state index in [1.165, 1.54) is 0 Å².